The third-order valence-electron chi connectivity index (χ3n) is 1.14. The summed E-state index contributed by atoms with van der Waals surface area (Å²) < 4.78 is 1.07. The van der Waals surface area contributed by atoms with Gasteiger partial charge in [0.1, 0.15) is 0 Å². The molecule has 5 heteroatoms. The molecule has 0 aliphatic rings. The average Bonchev–Trinajstić information content (AvgIpc) is 1.95. The van der Waals surface area contributed by atoms with Crippen molar-refractivity contribution in [1.29, 1.82) is 0 Å². The van der Waals surface area contributed by atoms with Crippen LogP contribution in [0.15, 0.2) is 11.0 Å². The van der Waals surface area contributed by atoms with E-state index in [0.717, 1.165) is 4.68 Å². The van der Waals surface area contributed by atoms with Crippen LogP contribution >= 0.6 is 0 Å². The van der Waals surface area contributed by atoms with Crippen molar-refractivity contribution in [1.82, 2.24) is 15.0 Å². The van der Waals surface area contributed by atoms with Gasteiger partial charge in [0.05, 0.1) is 18.4 Å². The van der Waals surface area contributed by atoms with E-state index in [1.165, 1.54) is 13.2 Å². The number of aromatic nitrogens is 3. The van der Waals surface area contributed by atoms with Crippen LogP contribution in [0, 0.1) is 0 Å². The zero-order valence-corrected chi connectivity index (χ0v) is 5.48. The van der Waals surface area contributed by atoms with Crippen LogP contribution in [-0.2, 0) is 13.7 Å². The number of nitrogens with zero attached hydrogens (tertiary/aromatic N) is 3. The van der Waals surface area contributed by atoms with Gasteiger partial charge in [0.25, 0.3) is 5.56 Å². The van der Waals surface area contributed by atoms with Gasteiger partial charge in [0, 0.05) is 7.05 Å². The molecule has 0 amide bonds. The van der Waals surface area contributed by atoms with Gasteiger partial charge in [-0.1, -0.05) is 5.21 Å². The standard InChI is InChI=1S/C5H7N3O2/c1-8-5(10)4(3-9)2-6-7-8/h2,9H,3H2,1H3. The largest absolute Gasteiger partial charge is 0.391 e. The fourth-order valence-corrected chi connectivity index (χ4v) is 0.585. The summed E-state index contributed by atoms with van der Waals surface area (Å²) >= 11 is 0. The van der Waals surface area contributed by atoms with Crippen molar-refractivity contribution in [3.05, 3.63) is 22.1 Å². The van der Waals surface area contributed by atoms with Crippen molar-refractivity contribution in [2.75, 3.05) is 0 Å². The Labute approximate surface area is 56.9 Å². The summed E-state index contributed by atoms with van der Waals surface area (Å²) in [7, 11) is 1.48. The van der Waals surface area contributed by atoms with E-state index in [0.29, 0.717) is 0 Å². The van der Waals surface area contributed by atoms with Gasteiger partial charge in [-0.3, -0.25) is 4.79 Å². The molecule has 1 aromatic heterocycles. The molecule has 54 valence electrons. The van der Waals surface area contributed by atoms with Crippen LogP contribution in [0.2, 0.25) is 0 Å². The maximum Gasteiger partial charge on any atom is 0.274 e. The van der Waals surface area contributed by atoms with Crippen molar-refractivity contribution in [3.8, 4) is 0 Å². The minimum atomic E-state index is -0.308. The monoisotopic (exact) mass is 141 g/mol. The summed E-state index contributed by atoms with van der Waals surface area (Å²) in [4.78, 5) is 10.9. The van der Waals surface area contributed by atoms with Gasteiger partial charge < -0.3 is 5.11 Å². The highest BCUT2D eigenvalue weighted by Gasteiger charge is 1.98. The Hall–Kier alpha value is -1.23. The second kappa shape index (κ2) is 2.57. The second-order valence-corrected chi connectivity index (χ2v) is 1.85. The highest BCUT2D eigenvalue weighted by atomic mass is 16.3. The van der Waals surface area contributed by atoms with Crippen molar-refractivity contribution >= 4 is 0 Å². The SMILES string of the molecule is Cn1nncc(CO)c1=O. The van der Waals surface area contributed by atoms with Gasteiger partial charge in [-0.15, -0.1) is 5.10 Å². The van der Waals surface area contributed by atoms with Crippen LogP contribution in [0.3, 0.4) is 0 Å². The van der Waals surface area contributed by atoms with Gasteiger partial charge in [-0.05, 0) is 0 Å². The Balaban J connectivity index is 3.28. The second-order valence-electron chi connectivity index (χ2n) is 1.85. The van der Waals surface area contributed by atoms with E-state index in [9.17, 15) is 4.79 Å². The Kier molecular flexibility index (Phi) is 1.77. The Morgan fingerprint density at radius 1 is 1.80 bits per heavy atom. The van der Waals surface area contributed by atoms with Crippen LogP contribution in [0.4, 0.5) is 0 Å². The minimum absolute atomic E-state index is 0.262. The van der Waals surface area contributed by atoms with Gasteiger partial charge in [-0.25, -0.2) is 4.68 Å². The van der Waals surface area contributed by atoms with Gasteiger partial charge in [-0.2, -0.15) is 0 Å². The molecule has 0 aliphatic carbocycles. The number of aliphatic hydroxyl groups excluding tert-OH is 1. The Morgan fingerprint density at radius 2 is 2.50 bits per heavy atom. The van der Waals surface area contributed by atoms with Crippen LogP contribution < -0.4 is 5.56 Å². The lowest BCUT2D eigenvalue weighted by molar-refractivity contribution is 0.277. The molecule has 1 aromatic rings. The fourth-order valence-electron chi connectivity index (χ4n) is 0.585. The molecule has 0 atom stereocenters. The van der Waals surface area contributed by atoms with Crippen molar-refractivity contribution in [2.24, 2.45) is 7.05 Å². The van der Waals surface area contributed by atoms with E-state index in [1.807, 2.05) is 0 Å². The third-order valence-corrected chi connectivity index (χ3v) is 1.14. The molecule has 0 fully saturated rings. The van der Waals surface area contributed by atoms with Crippen LogP contribution in [0.25, 0.3) is 0 Å². The summed E-state index contributed by atoms with van der Waals surface area (Å²) in [6.45, 7) is -0.289. The number of hydrogen-bond acceptors (Lipinski definition) is 4. The van der Waals surface area contributed by atoms with E-state index in [2.05, 4.69) is 10.3 Å². The molecule has 10 heavy (non-hydrogen) atoms. The maximum atomic E-state index is 10.9. The lowest BCUT2D eigenvalue weighted by Crippen LogP contribution is -2.24. The summed E-state index contributed by atoms with van der Waals surface area (Å²) in [5, 5.41) is 15.5. The van der Waals surface area contributed by atoms with E-state index in [1.54, 1.807) is 0 Å². The first kappa shape index (κ1) is 6.88. The van der Waals surface area contributed by atoms with Crippen LogP contribution in [0.5, 0.6) is 0 Å². The first-order valence-electron chi connectivity index (χ1n) is 2.74. The molecule has 0 unspecified atom stereocenters. The molecule has 1 N–H and O–H groups in total. The quantitative estimate of drug-likeness (QED) is 0.526. The number of aryl methyl sites for hydroxylation is 1. The summed E-state index contributed by atoms with van der Waals surface area (Å²) in [5.41, 5.74) is -0.0463. The van der Waals surface area contributed by atoms with Crippen molar-refractivity contribution < 1.29 is 5.11 Å². The summed E-state index contributed by atoms with van der Waals surface area (Å²) in [6, 6.07) is 0. The van der Waals surface area contributed by atoms with Gasteiger partial charge in [0.2, 0.25) is 0 Å². The highest BCUT2D eigenvalue weighted by molar-refractivity contribution is 4.99. The number of rotatable bonds is 1. The fraction of sp³-hybridized carbons (Fsp3) is 0.400. The van der Waals surface area contributed by atoms with Crippen molar-refractivity contribution in [3.63, 3.8) is 0 Å². The van der Waals surface area contributed by atoms with Crippen LogP contribution in [-0.4, -0.2) is 20.1 Å². The van der Waals surface area contributed by atoms with Gasteiger partial charge in [0.15, 0.2) is 0 Å². The Morgan fingerprint density at radius 3 is 3.00 bits per heavy atom. The molecule has 0 aliphatic heterocycles. The molecule has 5 nitrogen and oxygen atoms in total. The van der Waals surface area contributed by atoms with Crippen LogP contribution in [0.1, 0.15) is 5.56 Å². The molecule has 0 saturated carbocycles. The predicted molar refractivity (Wildman–Crippen MR) is 33.2 cm³/mol. The summed E-state index contributed by atoms with van der Waals surface area (Å²) in [6.07, 6.45) is 1.25. The zero-order chi connectivity index (χ0) is 7.56. The molecular formula is C5H7N3O2. The highest BCUT2D eigenvalue weighted by Crippen LogP contribution is 1.82. The predicted octanol–water partition coefficient (Wildman–Crippen LogP) is -1.33. The molecule has 0 bridgehead atoms. The molecule has 0 radical (unpaired) electrons. The lowest BCUT2D eigenvalue weighted by atomic mass is 10.4. The van der Waals surface area contributed by atoms with E-state index in [-0.39, 0.29) is 17.7 Å². The zero-order valence-electron chi connectivity index (χ0n) is 5.48. The maximum absolute atomic E-state index is 10.9. The van der Waals surface area contributed by atoms with E-state index >= 15 is 0 Å². The Bertz CT molecular complexity index is 280. The van der Waals surface area contributed by atoms with Crippen molar-refractivity contribution in [2.45, 2.75) is 6.61 Å². The molecule has 0 aromatic carbocycles. The van der Waals surface area contributed by atoms with E-state index < -0.39 is 0 Å². The first-order valence-corrected chi connectivity index (χ1v) is 2.74. The number of aliphatic hydroxyl groups is 1. The lowest BCUT2D eigenvalue weighted by Gasteiger charge is -1.94. The molecule has 1 heterocycles. The topological polar surface area (TPSA) is 68.0 Å². The third kappa shape index (κ3) is 1.03. The summed E-state index contributed by atoms with van der Waals surface area (Å²) in [5.74, 6) is 0. The molecule has 0 saturated heterocycles. The smallest absolute Gasteiger partial charge is 0.274 e. The molecular weight excluding hydrogens is 134 g/mol. The minimum Gasteiger partial charge on any atom is -0.391 e. The van der Waals surface area contributed by atoms with Gasteiger partial charge >= 0.3 is 0 Å². The molecule has 0 spiro atoms. The average molecular weight is 141 g/mol. The normalized spacial score (nSPS) is 9.80. The molecule has 1 rings (SSSR count). The first-order chi connectivity index (χ1) is 4.75. The van der Waals surface area contributed by atoms with E-state index in [4.69, 9.17) is 5.11 Å². The number of hydrogen-bond donors (Lipinski definition) is 1.